The zero-order chi connectivity index (χ0) is 19.0. The van der Waals surface area contributed by atoms with Crippen LogP contribution in [0.5, 0.6) is 5.75 Å². The highest BCUT2D eigenvalue weighted by atomic mass is 35.5. The number of carbonyl (C=O) groups is 3. The zero-order valence-electron chi connectivity index (χ0n) is 14.7. The molecular formula is C16H23ClN4O4. The highest BCUT2D eigenvalue weighted by molar-refractivity contribution is 6.31. The number of rotatable bonds is 7. The average molecular weight is 371 g/mol. The fourth-order valence-corrected chi connectivity index (χ4v) is 2.15. The van der Waals surface area contributed by atoms with Crippen molar-refractivity contribution in [2.24, 2.45) is 0 Å². The summed E-state index contributed by atoms with van der Waals surface area (Å²) >= 11 is 5.91. The maximum absolute atomic E-state index is 12.1. The topological polar surface area (TPSA) is 99.8 Å². The van der Waals surface area contributed by atoms with Crippen molar-refractivity contribution < 1.29 is 19.1 Å². The Kier molecular flexibility index (Phi) is 8.17. The predicted molar refractivity (Wildman–Crippen MR) is 95.9 cm³/mol. The minimum absolute atomic E-state index is 0.0467. The molecule has 0 aromatic heterocycles. The van der Waals surface area contributed by atoms with E-state index in [1.54, 1.807) is 39.1 Å². The summed E-state index contributed by atoms with van der Waals surface area (Å²) in [5, 5.41) is 7.86. The Bertz CT molecular complexity index is 637. The van der Waals surface area contributed by atoms with E-state index in [9.17, 15) is 14.4 Å². The second-order valence-electron chi connectivity index (χ2n) is 5.74. The first-order chi connectivity index (χ1) is 11.7. The smallest absolute Gasteiger partial charge is 0.321 e. The van der Waals surface area contributed by atoms with Crippen LogP contribution < -0.4 is 20.7 Å². The number of benzene rings is 1. The van der Waals surface area contributed by atoms with Crippen LogP contribution in [0.15, 0.2) is 18.2 Å². The SMILES string of the molecule is COc1ccc(Cl)cc1NC(=O)CN(C)CC(=O)NC(=O)NC(C)C. The molecule has 0 radical (unpaired) electrons. The van der Waals surface area contributed by atoms with Crippen molar-refractivity contribution in [2.75, 3.05) is 32.6 Å². The molecule has 25 heavy (non-hydrogen) atoms. The number of methoxy groups -OCH3 is 1. The number of ether oxygens (including phenoxy) is 1. The molecule has 0 saturated carbocycles. The van der Waals surface area contributed by atoms with Crippen LogP contribution in [0.4, 0.5) is 10.5 Å². The highest BCUT2D eigenvalue weighted by Crippen LogP contribution is 2.27. The first kappa shape index (κ1) is 20.7. The zero-order valence-corrected chi connectivity index (χ0v) is 15.4. The van der Waals surface area contributed by atoms with Crippen LogP contribution in [-0.4, -0.2) is 56.0 Å². The molecule has 0 fully saturated rings. The van der Waals surface area contributed by atoms with E-state index in [1.807, 2.05) is 0 Å². The third kappa shape index (κ3) is 7.86. The highest BCUT2D eigenvalue weighted by Gasteiger charge is 2.15. The minimum atomic E-state index is -0.568. The number of hydrogen-bond donors (Lipinski definition) is 3. The largest absolute Gasteiger partial charge is 0.495 e. The fraction of sp³-hybridized carbons (Fsp3) is 0.438. The van der Waals surface area contributed by atoms with Crippen molar-refractivity contribution in [3.05, 3.63) is 23.2 Å². The van der Waals surface area contributed by atoms with Crippen molar-refractivity contribution in [3.8, 4) is 5.75 Å². The minimum Gasteiger partial charge on any atom is -0.495 e. The van der Waals surface area contributed by atoms with Gasteiger partial charge >= 0.3 is 6.03 Å². The van der Waals surface area contributed by atoms with Gasteiger partial charge in [0.1, 0.15) is 5.75 Å². The molecule has 138 valence electrons. The summed E-state index contributed by atoms with van der Waals surface area (Å²) in [5.41, 5.74) is 0.439. The molecule has 0 unspecified atom stereocenters. The first-order valence-electron chi connectivity index (χ1n) is 7.63. The van der Waals surface area contributed by atoms with Gasteiger partial charge in [-0.1, -0.05) is 11.6 Å². The Hall–Kier alpha value is -2.32. The second kappa shape index (κ2) is 9.85. The molecule has 0 heterocycles. The van der Waals surface area contributed by atoms with Crippen molar-refractivity contribution in [1.29, 1.82) is 0 Å². The molecule has 9 heteroatoms. The van der Waals surface area contributed by atoms with Crippen LogP contribution in [-0.2, 0) is 9.59 Å². The van der Waals surface area contributed by atoms with Gasteiger partial charge in [-0.2, -0.15) is 0 Å². The van der Waals surface area contributed by atoms with Gasteiger partial charge in [0, 0.05) is 11.1 Å². The van der Waals surface area contributed by atoms with Crippen molar-refractivity contribution >= 4 is 35.1 Å². The van der Waals surface area contributed by atoms with Crippen LogP contribution >= 0.6 is 11.6 Å². The van der Waals surface area contributed by atoms with Gasteiger partial charge < -0.3 is 15.4 Å². The molecule has 0 aliphatic carbocycles. The number of carbonyl (C=O) groups excluding carboxylic acids is 3. The van der Waals surface area contributed by atoms with E-state index in [-0.39, 0.29) is 25.0 Å². The number of likely N-dealkylation sites (N-methyl/N-ethyl adjacent to an activating group) is 1. The van der Waals surface area contributed by atoms with E-state index in [4.69, 9.17) is 16.3 Å². The molecule has 1 aromatic carbocycles. The maximum Gasteiger partial charge on any atom is 0.321 e. The predicted octanol–water partition coefficient (Wildman–Crippen LogP) is 1.45. The van der Waals surface area contributed by atoms with Crippen LogP contribution in [0, 0.1) is 0 Å². The summed E-state index contributed by atoms with van der Waals surface area (Å²) in [4.78, 5) is 36.8. The lowest BCUT2D eigenvalue weighted by atomic mass is 10.3. The Morgan fingerprint density at radius 3 is 2.44 bits per heavy atom. The average Bonchev–Trinajstić information content (AvgIpc) is 2.45. The number of hydrogen-bond acceptors (Lipinski definition) is 5. The number of halogens is 1. The van der Waals surface area contributed by atoms with Gasteiger partial charge in [-0.05, 0) is 39.1 Å². The number of nitrogens with zero attached hydrogens (tertiary/aromatic N) is 1. The van der Waals surface area contributed by atoms with Crippen molar-refractivity contribution in [3.63, 3.8) is 0 Å². The quantitative estimate of drug-likeness (QED) is 0.674. The normalized spacial score (nSPS) is 10.5. The van der Waals surface area contributed by atoms with Crippen LogP contribution in [0.3, 0.4) is 0 Å². The van der Waals surface area contributed by atoms with E-state index in [2.05, 4.69) is 16.0 Å². The second-order valence-corrected chi connectivity index (χ2v) is 6.18. The van der Waals surface area contributed by atoms with Gasteiger partial charge in [-0.25, -0.2) is 4.79 Å². The van der Waals surface area contributed by atoms with Gasteiger partial charge in [0.25, 0.3) is 0 Å². The van der Waals surface area contributed by atoms with E-state index in [0.29, 0.717) is 16.5 Å². The number of nitrogens with one attached hydrogen (secondary N) is 3. The number of amides is 4. The molecule has 0 aliphatic heterocycles. The Morgan fingerprint density at radius 2 is 1.84 bits per heavy atom. The summed E-state index contributed by atoms with van der Waals surface area (Å²) in [6.45, 7) is 3.41. The first-order valence-corrected chi connectivity index (χ1v) is 8.01. The van der Waals surface area contributed by atoms with Gasteiger partial charge in [0.2, 0.25) is 11.8 Å². The van der Waals surface area contributed by atoms with Crippen molar-refractivity contribution in [1.82, 2.24) is 15.5 Å². The Labute approximate surface area is 151 Å². The molecule has 0 aliphatic rings. The Balaban J connectivity index is 2.50. The van der Waals surface area contributed by atoms with E-state index in [0.717, 1.165) is 0 Å². The standard InChI is InChI=1S/C16H23ClN4O4/c1-10(2)18-16(24)20-15(23)9-21(3)8-14(22)19-12-7-11(17)5-6-13(12)25-4/h5-7,10H,8-9H2,1-4H3,(H,19,22)(H2,18,20,23,24). The third-order valence-corrected chi connectivity index (χ3v) is 3.17. The van der Waals surface area contributed by atoms with Gasteiger partial charge in [-0.3, -0.25) is 19.8 Å². The lowest BCUT2D eigenvalue weighted by molar-refractivity contribution is -0.122. The molecule has 0 saturated heterocycles. The molecule has 0 atom stereocenters. The Morgan fingerprint density at radius 1 is 1.20 bits per heavy atom. The summed E-state index contributed by atoms with van der Waals surface area (Å²) in [6.07, 6.45) is 0. The van der Waals surface area contributed by atoms with Gasteiger partial charge in [-0.15, -0.1) is 0 Å². The number of imide groups is 1. The van der Waals surface area contributed by atoms with Crippen LogP contribution in [0.1, 0.15) is 13.8 Å². The van der Waals surface area contributed by atoms with Gasteiger partial charge in [0.05, 0.1) is 25.9 Å². The van der Waals surface area contributed by atoms with Gasteiger partial charge in [0.15, 0.2) is 0 Å². The lowest BCUT2D eigenvalue weighted by Gasteiger charge is -2.17. The van der Waals surface area contributed by atoms with E-state index in [1.165, 1.54) is 12.0 Å². The molecule has 0 spiro atoms. The summed E-state index contributed by atoms with van der Waals surface area (Å²) in [5.74, 6) is -0.375. The fourth-order valence-electron chi connectivity index (χ4n) is 1.98. The molecule has 1 rings (SSSR count). The molecule has 4 amide bonds. The number of urea groups is 1. The monoisotopic (exact) mass is 370 g/mol. The summed E-state index contributed by atoms with van der Waals surface area (Å²) in [7, 11) is 3.08. The van der Waals surface area contributed by atoms with E-state index < -0.39 is 11.9 Å². The molecular weight excluding hydrogens is 348 g/mol. The van der Waals surface area contributed by atoms with Crippen LogP contribution in [0.2, 0.25) is 5.02 Å². The summed E-state index contributed by atoms with van der Waals surface area (Å²) < 4.78 is 5.15. The van der Waals surface area contributed by atoms with Crippen molar-refractivity contribution in [2.45, 2.75) is 19.9 Å². The maximum atomic E-state index is 12.1. The molecule has 1 aromatic rings. The third-order valence-electron chi connectivity index (χ3n) is 2.94. The molecule has 0 bridgehead atoms. The van der Waals surface area contributed by atoms with E-state index >= 15 is 0 Å². The summed E-state index contributed by atoms with van der Waals surface area (Å²) in [6, 6.07) is 4.21. The lowest BCUT2D eigenvalue weighted by Crippen LogP contribution is -2.46. The molecule has 3 N–H and O–H groups in total. The number of anilines is 1. The molecule has 8 nitrogen and oxygen atoms in total. The van der Waals surface area contributed by atoms with Crippen LogP contribution in [0.25, 0.3) is 0 Å².